The highest BCUT2D eigenvalue weighted by Crippen LogP contribution is 2.27. The molecule has 0 aromatic heterocycles. The van der Waals surface area contributed by atoms with Crippen molar-refractivity contribution in [1.82, 2.24) is 5.32 Å². The highest BCUT2D eigenvalue weighted by Gasteiger charge is 2.18. The van der Waals surface area contributed by atoms with Crippen LogP contribution in [0.5, 0.6) is 0 Å². The quantitative estimate of drug-likeness (QED) is 0.897. The van der Waals surface area contributed by atoms with E-state index in [2.05, 4.69) is 16.1 Å². The summed E-state index contributed by atoms with van der Waals surface area (Å²) in [5.74, 6) is 0.532. The zero-order valence-corrected chi connectivity index (χ0v) is 13.6. The normalized spacial score (nSPS) is 16.8. The van der Waals surface area contributed by atoms with E-state index in [0.717, 1.165) is 25.9 Å². The van der Waals surface area contributed by atoms with Crippen LogP contribution in [0.3, 0.4) is 0 Å². The number of nitrogens with one attached hydrogen (secondary N) is 2. The lowest BCUT2D eigenvalue weighted by Gasteiger charge is -2.23. The third kappa shape index (κ3) is 4.36. The van der Waals surface area contributed by atoms with Crippen molar-refractivity contribution in [3.8, 4) is 0 Å². The van der Waals surface area contributed by atoms with Crippen LogP contribution in [-0.4, -0.2) is 26.8 Å². The summed E-state index contributed by atoms with van der Waals surface area (Å²) in [5, 5.41) is 2.92. The van der Waals surface area contributed by atoms with Gasteiger partial charge >= 0.3 is 0 Å². The molecule has 4 nitrogen and oxygen atoms in total. The second kappa shape index (κ2) is 7.29. The van der Waals surface area contributed by atoms with E-state index in [-0.39, 0.29) is 12.4 Å². The molecular formula is C14H23ClN2O2S. The van der Waals surface area contributed by atoms with Crippen molar-refractivity contribution in [2.45, 2.75) is 37.9 Å². The minimum atomic E-state index is -3.26. The van der Waals surface area contributed by atoms with Crippen LogP contribution in [0, 0.1) is 0 Å². The van der Waals surface area contributed by atoms with Crippen molar-refractivity contribution in [3.05, 3.63) is 29.8 Å². The molecule has 0 bridgehead atoms. The van der Waals surface area contributed by atoms with E-state index < -0.39 is 15.3 Å². The number of halogens is 1. The minimum absolute atomic E-state index is 0. The number of hydrogen-bond acceptors (Lipinski definition) is 3. The van der Waals surface area contributed by atoms with Crippen molar-refractivity contribution >= 4 is 28.1 Å². The number of piperidine rings is 1. The van der Waals surface area contributed by atoms with Crippen LogP contribution in [0.1, 0.15) is 38.2 Å². The summed E-state index contributed by atoms with van der Waals surface area (Å²) in [7, 11) is -3.26. The van der Waals surface area contributed by atoms with Crippen LogP contribution in [-0.2, 0) is 10.0 Å². The van der Waals surface area contributed by atoms with E-state index in [4.69, 9.17) is 0 Å². The van der Waals surface area contributed by atoms with Gasteiger partial charge in [-0.05, 0) is 63.4 Å². The van der Waals surface area contributed by atoms with Gasteiger partial charge in [-0.2, -0.15) is 0 Å². The molecule has 1 aliphatic heterocycles. The van der Waals surface area contributed by atoms with Crippen molar-refractivity contribution < 1.29 is 8.42 Å². The largest absolute Gasteiger partial charge is 0.317 e. The van der Waals surface area contributed by atoms with Gasteiger partial charge in [0, 0.05) is 5.69 Å². The molecular weight excluding hydrogens is 296 g/mol. The molecule has 0 aliphatic carbocycles. The maximum absolute atomic E-state index is 11.9. The third-order valence-corrected chi connectivity index (χ3v) is 5.34. The Morgan fingerprint density at radius 3 is 2.50 bits per heavy atom. The van der Waals surface area contributed by atoms with Crippen molar-refractivity contribution in [2.75, 3.05) is 17.8 Å². The third-order valence-electron chi connectivity index (χ3n) is 3.58. The molecule has 6 heteroatoms. The van der Waals surface area contributed by atoms with Gasteiger partial charge in [0.25, 0.3) is 0 Å². The minimum Gasteiger partial charge on any atom is -0.317 e. The average Bonchev–Trinajstić information content (AvgIpc) is 2.39. The summed E-state index contributed by atoms with van der Waals surface area (Å²) >= 11 is 0. The molecule has 20 heavy (non-hydrogen) atoms. The molecule has 2 rings (SSSR count). The number of anilines is 1. The molecule has 2 N–H and O–H groups in total. The lowest BCUT2D eigenvalue weighted by atomic mass is 9.90. The van der Waals surface area contributed by atoms with Gasteiger partial charge in [-0.1, -0.05) is 12.1 Å². The Balaban J connectivity index is 0.00000200. The van der Waals surface area contributed by atoms with Gasteiger partial charge in [0.2, 0.25) is 10.0 Å². The topological polar surface area (TPSA) is 58.2 Å². The second-order valence-corrected chi connectivity index (χ2v) is 7.58. The first-order valence-corrected chi connectivity index (χ1v) is 8.36. The number of sulfonamides is 1. The predicted octanol–water partition coefficient (Wildman–Crippen LogP) is 2.73. The van der Waals surface area contributed by atoms with Crippen molar-refractivity contribution in [2.24, 2.45) is 0 Å². The van der Waals surface area contributed by atoms with E-state index in [0.29, 0.717) is 11.6 Å². The average molecular weight is 319 g/mol. The van der Waals surface area contributed by atoms with Gasteiger partial charge in [0.1, 0.15) is 0 Å². The summed E-state index contributed by atoms with van der Waals surface area (Å²) in [6.45, 7) is 5.43. The van der Waals surface area contributed by atoms with Gasteiger partial charge in [-0.15, -0.1) is 12.4 Å². The smallest absolute Gasteiger partial charge is 0.235 e. The van der Waals surface area contributed by atoms with Crippen LogP contribution in [0.15, 0.2) is 24.3 Å². The summed E-state index contributed by atoms with van der Waals surface area (Å²) in [6.07, 6.45) is 2.22. The fraction of sp³-hybridized carbons (Fsp3) is 0.571. The monoisotopic (exact) mass is 318 g/mol. The van der Waals surface area contributed by atoms with E-state index >= 15 is 0 Å². The van der Waals surface area contributed by atoms with E-state index in [1.807, 2.05) is 18.2 Å². The Bertz CT molecular complexity index is 526. The Hall–Kier alpha value is -0.780. The molecule has 1 aromatic rings. The second-order valence-electron chi connectivity index (χ2n) is 5.35. The number of benzene rings is 1. The lowest BCUT2D eigenvalue weighted by Crippen LogP contribution is -2.26. The van der Waals surface area contributed by atoms with E-state index in [1.165, 1.54) is 5.56 Å². The fourth-order valence-electron chi connectivity index (χ4n) is 2.29. The van der Waals surface area contributed by atoms with E-state index in [1.54, 1.807) is 13.8 Å². The molecule has 0 unspecified atom stereocenters. The molecule has 0 radical (unpaired) electrons. The molecule has 0 spiro atoms. The van der Waals surface area contributed by atoms with Crippen LogP contribution < -0.4 is 10.0 Å². The molecule has 0 saturated carbocycles. The maximum Gasteiger partial charge on any atom is 0.235 e. The van der Waals surface area contributed by atoms with E-state index in [9.17, 15) is 8.42 Å². The summed E-state index contributed by atoms with van der Waals surface area (Å²) in [4.78, 5) is 0. The number of rotatable bonds is 4. The first kappa shape index (κ1) is 17.3. The first-order chi connectivity index (χ1) is 8.99. The molecule has 1 heterocycles. The molecule has 1 fully saturated rings. The predicted molar refractivity (Wildman–Crippen MR) is 86.2 cm³/mol. The zero-order valence-electron chi connectivity index (χ0n) is 11.9. The van der Waals surface area contributed by atoms with Gasteiger partial charge in [0.15, 0.2) is 0 Å². The first-order valence-electron chi connectivity index (χ1n) is 6.81. The van der Waals surface area contributed by atoms with Crippen molar-refractivity contribution in [1.29, 1.82) is 0 Å². The Kier molecular flexibility index (Phi) is 6.30. The summed E-state index contributed by atoms with van der Waals surface area (Å²) < 4.78 is 26.4. The van der Waals surface area contributed by atoms with Gasteiger partial charge in [0.05, 0.1) is 5.25 Å². The Morgan fingerprint density at radius 1 is 1.25 bits per heavy atom. The van der Waals surface area contributed by atoms with Gasteiger partial charge < -0.3 is 5.32 Å². The SMILES string of the molecule is CC(C)S(=O)(=O)Nc1cccc(C2CCNCC2)c1.Cl. The van der Waals surface area contributed by atoms with Crippen LogP contribution in [0.2, 0.25) is 0 Å². The lowest BCUT2D eigenvalue weighted by molar-refractivity contribution is 0.460. The zero-order chi connectivity index (χ0) is 13.9. The van der Waals surface area contributed by atoms with Gasteiger partial charge in [-0.25, -0.2) is 8.42 Å². The molecule has 0 atom stereocenters. The highest BCUT2D eigenvalue weighted by molar-refractivity contribution is 7.93. The molecule has 1 aliphatic rings. The summed E-state index contributed by atoms with van der Waals surface area (Å²) in [5.41, 5.74) is 1.90. The summed E-state index contributed by atoms with van der Waals surface area (Å²) in [6, 6.07) is 7.79. The highest BCUT2D eigenvalue weighted by atomic mass is 35.5. The fourth-order valence-corrected chi connectivity index (χ4v) is 2.98. The Morgan fingerprint density at radius 2 is 1.90 bits per heavy atom. The molecule has 1 aromatic carbocycles. The number of hydrogen-bond donors (Lipinski definition) is 2. The molecule has 1 saturated heterocycles. The molecule has 114 valence electrons. The Labute approximate surface area is 127 Å². The van der Waals surface area contributed by atoms with Crippen LogP contribution in [0.25, 0.3) is 0 Å². The van der Waals surface area contributed by atoms with Crippen LogP contribution >= 0.6 is 12.4 Å². The molecule has 0 amide bonds. The maximum atomic E-state index is 11.9. The standard InChI is InChI=1S/C14H22N2O2S.ClH/c1-11(2)19(17,18)16-14-5-3-4-13(10-14)12-6-8-15-9-7-12;/h3-5,10-12,15-16H,6-9H2,1-2H3;1H. The van der Waals surface area contributed by atoms with Crippen LogP contribution in [0.4, 0.5) is 5.69 Å². The van der Waals surface area contributed by atoms with Crippen molar-refractivity contribution in [3.63, 3.8) is 0 Å². The van der Waals surface area contributed by atoms with Gasteiger partial charge in [-0.3, -0.25) is 4.72 Å².